The second-order valence-corrected chi connectivity index (χ2v) is 5.73. The van der Waals surface area contributed by atoms with E-state index in [4.69, 9.17) is 14.6 Å². The molecule has 0 aliphatic carbocycles. The molecule has 21 heavy (non-hydrogen) atoms. The third-order valence-electron chi connectivity index (χ3n) is 3.44. The minimum Gasteiger partial charge on any atom is -0.486 e. The molecule has 0 spiro atoms. The lowest BCUT2D eigenvalue weighted by molar-refractivity contribution is -0.145. The number of benzene rings is 1. The Labute approximate surface area is 130 Å². The zero-order valence-electron chi connectivity index (χ0n) is 11.7. The van der Waals surface area contributed by atoms with Crippen molar-refractivity contribution in [2.24, 2.45) is 11.8 Å². The van der Waals surface area contributed by atoms with Crippen molar-refractivity contribution in [1.82, 2.24) is 0 Å². The van der Waals surface area contributed by atoms with Crippen LogP contribution in [-0.4, -0.2) is 30.2 Å². The monoisotopic (exact) mass is 357 g/mol. The molecule has 1 heterocycles. The van der Waals surface area contributed by atoms with Crippen molar-refractivity contribution in [3.8, 4) is 11.5 Å². The minimum atomic E-state index is -1.00. The summed E-state index contributed by atoms with van der Waals surface area (Å²) in [6.07, 6.45) is 0. The standard InChI is InChI=1S/C14H16BrNO5/c1-7(8(2)14(18)19)13(17)16-10-6-12-11(5-9(10)15)20-3-4-21-12/h5-8H,3-4H2,1-2H3,(H,16,17)(H,18,19). The lowest BCUT2D eigenvalue weighted by Gasteiger charge is -2.21. The maximum atomic E-state index is 12.1. The molecule has 2 atom stereocenters. The van der Waals surface area contributed by atoms with Gasteiger partial charge in [-0.05, 0) is 15.9 Å². The largest absolute Gasteiger partial charge is 0.486 e. The lowest BCUT2D eigenvalue weighted by atomic mass is 9.95. The average molecular weight is 358 g/mol. The van der Waals surface area contributed by atoms with E-state index in [-0.39, 0.29) is 5.91 Å². The lowest BCUT2D eigenvalue weighted by Crippen LogP contribution is -2.30. The van der Waals surface area contributed by atoms with Gasteiger partial charge < -0.3 is 19.9 Å². The van der Waals surface area contributed by atoms with Crippen LogP contribution < -0.4 is 14.8 Å². The number of ether oxygens (including phenoxy) is 2. The van der Waals surface area contributed by atoms with Gasteiger partial charge in [0, 0.05) is 22.5 Å². The van der Waals surface area contributed by atoms with Gasteiger partial charge in [0.25, 0.3) is 0 Å². The van der Waals surface area contributed by atoms with Gasteiger partial charge in [-0.15, -0.1) is 0 Å². The highest BCUT2D eigenvalue weighted by molar-refractivity contribution is 9.10. The molecule has 114 valence electrons. The first-order valence-corrected chi connectivity index (χ1v) is 7.32. The molecular formula is C14H16BrNO5. The van der Waals surface area contributed by atoms with Crippen LogP contribution in [0.3, 0.4) is 0 Å². The second-order valence-electron chi connectivity index (χ2n) is 4.88. The summed E-state index contributed by atoms with van der Waals surface area (Å²) in [6.45, 7) is 4.03. The number of carboxylic acid groups (broad SMARTS) is 1. The van der Waals surface area contributed by atoms with Crippen LogP contribution in [0, 0.1) is 11.8 Å². The Bertz CT molecular complexity index is 575. The van der Waals surface area contributed by atoms with E-state index >= 15 is 0 Å². The van der Waals surface area contributed by atoms with Crippen LogP contribution in [0.4, 0.5) is 5.69 Å². The van der Waals surface area contributed by atoms with Crippen LogP contribution in [-0.2, 0) is 9.59 Å². The predicted octanol–water partition coefficient (Wildman–Crippen LogP) is 2.52. The van der Waals surface area contributed by atoms with E-state index in [1.165, 1.54) is 6.92 Å². The summed E-state index contributed by atoms with van der Waals surface area (Å²) in [4.78, 5) is 23.0. The van der Waals surface area contributed by atoms with Crippen LogP contribution in [0.5, 0.6) is 11.5 Å². The number of nitrogens with one attached hydrogen (secondary N) is 1. The van der Waals surface area contributed by atoms with Crippen molar-refractivity contribution in [1.29, 1.82) is 0 Å². The summed E-state index contributed by atoms with van der Waals surface area (Å²) in [7, 11) is 0. The molecule has 1 aliphatic heterocycles. The van der Waals surface area contributed by atoms with Gasteiger partial charge in [-0.25, -0.2) is 0 Å². The SMILES string of the molecule is CC(C(=O)O)C(C)C(=O)Nc1cc2c(cc1Br)OCCO2. The third kappa shape index (κ3) is 3.47. The smallest absolute Gasteiger partial charge is 0.307 e. The molecule has 0 saturated heterocycles. The van der Waals surface area contributed by atoms with Gasteiger partial charge in [-0.3, -0.25) is 9.59 Å². The Kier molecular flexibility index (Phi) is 4.72. The number of rotatable bonds is 4. The number of amides is 1. The molecule has 2 N–H and O–H groups in total. The number of fused-ring (bicyclic) bond motifs is 1. The highest BCUT2D eigenvalue weighted by Gasteiger charge is 2.26. The van der Waals surface area contributed by atoms with E-state index in [2.05, 4.69) is 21.2 Å². The van der Waals surface area contributed by atoms with E-state index in [0.717, 1.165) is 0 Å². The minimum absolute atomic E-state index is 0.359. The fraction of sp³-hybridized carbons (Fsp3) is 0.429. The molecule has 0 fully saturated rings. The number of carboxylic acids is 1. The Morgan fingerprint density at radius 1 is 1.19 bits per heavy atom. The van der Waals surface area contributed by atoms with Crippen molar-refractivity contribution in [3.05, 3.63) is 16.6 Å². The predicted molar refractivity (Wildman–Crippen MR) is 79.7 cm³/mol. The van der Waals surface area contributed by atoms with Crippen LogP contribution in [0.25, 0.3) is 0 Å². The maximum Gasteiger partial charge on any atom is 0.307 e. The Hall–Kier alpha value is -1.76. The van der Waals surface area contributed by atoms with Crippen molar-refractivity contribution in [2.45, 2.75) is 13.8 Å². The van der Waals surface area contributed by atoms with Crippen molar-refractivity contribution in [2.75, 3.05) is 18.5 Å². The van der Waals surface area contributed by atoms with Gasteiger partial charge in [0.1, 0.15) is 13.2 Å². The van der Waals surface area contributed by atoms with Crippen LogP contribution in [0.1, 0.15) is 13.8 Å². The van der Waals surface area contributed by atoms with E-state index in [9.17, 15) is 9.59 Å². The van der Waals surface area contributed by atoms with Crippen LogP contribution in [0.15, 0.2) is 16.6 Å². The summed E-state index contributed by atoms with van der Waals surface area (Å²) in [5, 5.41) is 11.7. The molecule has 0 bridgehead atoms. The van der Waals surface area contributed by atoms with Crippen molar-refractivity contribution in [3.63, 3.8) is 0 Å². The van der Waals surface area contributed by atoms with E-state index in [0.29, 0.717) is 34.9 Å². The van der Waals surface area contributed by atoms with Gasteiger partial charge in [0.15, 0.2) is 11.5 Å². The summed E-state index contributed by atoms with van der Waals surface area (Å²) < 4.78 is 11.5. The molecule has 2 rings (SSSR count). The Morgan fingerprint density at radius 2 is 1.76 bits per heavy atom. The Balaban J connectivity index is 2.16. The fourth-order valence-corrected chi connectivity index (χ4v) is 2.27. The number of halogens is 1. The molecule has 1 aliphatic rings. The zero-order chi connectivity index (χ0) is 15.6. The quantitative estimate of drug-likeness (QED) is 0.864. The van der Waals surface area contributed by atoms with E-state index in [1.54, 1.807) is 19.1 Å². The highest BCUT2D eigenvalue weighted by atomic mass is 79.9. The Morgan fingerprint density at radius 3 is 2.33 bits per heavy atom. The van der Waals surface area contributed by atoms with Crippen molar-refractivity contribution >= 4 is 33.5 Å². The number of aliphatic carboxylic acids is 1. The molecule has 7 heteroatoms. The first kappa shape index (κ1) is 15.6. The first-order chi connectivity index (χ1) is 9.90. The van der Waals surface area contributed by atoms with Gasteiger partial charge in [0.05, 0.1) is 11.6 Å². The summed E-state index contributed by atoms with van der Waals surface area (Å²) in [6, 6.07) is 3.38. The van der Waals surface area contributed by atoms with Crippen LogP contribution in [0.2, 0.25) is 0 Å². The van der Waals surface area contributed by atoms with Crippen LogP contribution >= 0.6 is 15.9 Å². The van der Waals surface area contributed by atoms with Gasteiger partial charge in [-0.1, -0.05) is 13.8 Å². The molecular weight excluding hydrogens is 342 g/mol. The maximum absolute atomic E-state index is 12.1. The third-order valence-corrected chi connectivity index (χ3v) is 4.10. The topological polar surface area (TPSA) is 84.9 Å². The molecule has 0 aromatic heterocycles. The summed E-state index contributed by atoms with van der Waals surface area (Å²) in [5.41, 5.74) is 0.522. The normalized spacial score (nSPS) is 16.0. The molecule has 2 unspecified atom stereocenters. The number of carbonyl (C=O) groups is 2. The highest BCUT2D eigenvalue weighted by Crippen LogP contribution is 2.38. The fourth-order valence-electron chi connectivity index (χ4n) is 1.85. The van der Waals surface area contributed by atoms with E-state index in [1.807, 2.05) is 0 Å². The van der Waals surface area contributed by atoms with Gasteiger partial charge in [0.2, 0.25) is 5.91 Å². The first-order valence-electron chi connectivity index (χ1n) is 6.53. The molecule has 1 amide bonds. The number of hydrogen-bond acceptors (Lipinski definition) is 4. The summed E-state index contributed by atoms with van der Waals surface area (Å²) in [5.74, 6) is -1.61. The number of hydrogen-bond donors (Lipinski definition) is 2. The van der Waals surface area contributed by atoms with E-state index < -0.39 is 17.8 Å². The van der Waals surface area contributed by atoms with Gasteiger partial charge >= 0.3 is 5.97 Å². The zero-order valence-corrected chi connectivity index (χ0v) is 13.3. The molecule has 6 nitrogen and oxygen atoms in total. The average Bonchev–Trinajstić information content (AvgIpc) is 2.46. The molecule has 1 aromatic carbocycles. The van der Waals surface area contributed by atoms with Gasteiger partial charge in [-0.2, -0.15) is 0 Å². The molecule has 1 aromatic rings. The number of carbonyl (C=O) groups excluding carboxylic acids is 1. The van der Waals surface area contributed by atoms with Crippen molar-refractivity contribution < 1.29 is 24.2 Å². The molecule has 0 radical (unpaired) electrons. The number of anilines is 1. The second kappa shape index (κ2) is 6.34. The summed E-state index contributed by atoms with van der Waals surface area (Å²) >= 11 is 3.35. The molecule has 0 saturated carbocycles.